The number of hydrogen-bond donors (Lipinski definition) is 2. The molecule has 0 bridgehead atoms. The van der Waals surface area contributed by atoms with E-state index in [0.29, 0.717) is 31.1 Å². The second-order valence-electron chi connectivity index (χ2n) is 4.28. The highest BCUT2D eigenvalue weighted by atomic mass is 35.5. The van der Waals surface area contributed by atoms with Crippen molar-refractivity contribution in [1.82, 2.24) is 10.6 Å². The summed E-state index contributed by atoms with van der Waals surface area (Å²) in [6.45, 7) is 1.56. The first-order valence-electron chi connectivity index (χ1n) is 6.52. The van der Waals surface area contributed by atoms with Crippen molar-refractivity contribution in [2.24, 2.45) is 0 Å². The summed E-state index contributed by atoms with van der Waals surface area (Å²) < 4.78 is 4.88. The highest BCUT2D eigenvalue weighted by Crippen LogP contribution is 2.09. The monoisotopic (exact) mass is 307 g/mol. The summed E-state index contributed by atoms with van der Waals surface area (Å²) in [7, 11) is 1.60. The fourth-order valence-electron chi connectivity index (χ4n) is 1.54. The van der Waals surface area contributed by atoms with Gasteiger partial charge in [-0.2, -0.15) is 5.26 Å². The van der Waals surface area contributed by atoms with Crippen LogP contribution in [0.4, 0.5) is 0 Å². The maximum Gasteiger partial charge on any atom is 0.263 e. The molecule has 1 rings (SSSR count). The smallest absolute Gasteiger partial charge is 0.263 e. The molecule has 1 aromatic rings. The van der Waals surface area contributed by atoms with E-state index in [1.54, 1.807) is 19.2 Å². The fourth-order valence-corrected chi connectivity index (χ4v) is 1.66. The first-order chi connectivity index (χ1) is 10.2. The van der Waals surface area contributed by atoms with Crippen molar-refractivity contribution in [3.63, 3.8) is 0 Å². The van der Waals surface area contributed by atoms with E-state index in [2.05, 4.69) is 10.6 Å². The summed E-state index contributed by atoms with van der Waals surface area (Å²) in [5.74, 6) is -0.391. The molecule has 0 saturated heterocycles. The number of nitrogens with one attached hydrogen (secondary N) is 2. The van der Waals surface area contributed by atoms with Gasteiger partial charge in [-0.1, -0.05) is 23.7 Å². The number of carbonyl (C=O) groups is 1. The zero-order valence-electron chi connectivity index (χ0n) is 11.9. The summed E-state index contributed by atoms with van der Waals surface area (Å²) >= 11 is 5.79. The van der Waals surface area contributed by atoms with Crippen LogP contribution in [0.5, 0.6) is 0 Å². The molecular formula is C15H18ClN3O2. The Kier molecular flexibility index (Phi) is 7.95. The van der Waals surface area contributed by atoms with E-state index in [4.69, 9.17) is 21.6 Å². The minimum absolute atomic E-state index is 0.0429. The molecular weight excluding hydrogens is 290 g/mol. The molecule has 1 amide bonds. The van der Waals surface area contributed by atoms with Gasteiger partial charge in [0.25, 0.3) is 5.91 Å². The van der Waals surface area contributed by atoms with Crippen LogP contribution in [0.3, 0.4) is 0 Å². The molecule has 0 fully saturated rings. The summed E-state index contributed by atoms with van der Waals surface area (Å²) in [5.41, 5.74) is 1.05. The van der Waals surface area contributed by atoms with Crippen LogP contribution in [-0.4, -0.2) is 26.2 Å². The number of nitrogens with zero attached hydrogens (tertiary/aromatic N) is 1. The summed E-state index contributed by atoms with van der Waals surface area (Å²) in [5, 5.41) is 15.2. The molecule has 0 aliphatic carbocycles. The normalized spacial score (nSPS) is 10.8. The largest absolute Gasteiger partial charge is 0.386 e. The number of benzene rings is 1. The van der Waals surface area contributed by atoms with Gasteiger partial charge in [-0.15, -0.1) is 0 Å². The second kappa shape index (κ2) is 9.81. The van der Waals surface area contributed by atoms with Gasteiger partial charge in [-0.05, 0) is 24.1 Å². The van der Waals surface area contributed by atoms with Gasteiger partial charge in [0.1, 0.15) is 11.6 Å². The van der Waals surface area contributed by atoms with E-state index >= 15 is 0 Å². The summed E-state index contributed by atoms with van der Waals surface area (Å²) in [6, 6.07) is 9.20. The molecule has 1 aromatic carbocycles. The van der Waals surface area contributed by atoms with Crippen molar-refractivity contribution in [2.75, 3.05) is 20.3 Å². The minimum atomic E-state index is -0.391. The van der Waals surface area contributed by atoms with Crippen molar-refractivity contribution < 1.29 is 9.53 Å². The molecule has 0 saturated carbocycles. The van der Waals surface area contributed by atoms with Crippen molar-refractivity contribution in [1.29, 1.82) is 5.26 Å². The van der Waals surface area contributed by atoms with E-state index in [0.717, 1.165) is 5.56 Å². The Morgan fingerprint density at radius 2 is 2.14 bits per heavy atom. The number of carbonyl (C=O) groups excluding carboxylic acids is 1. The van der Waals surface area contributed by atoms with Gasteiger partial charge in [0.05, 0.1) is 0 Å². The van der Waals surface area contributed by atoms with Crippen LogP contribution in [-0.2, 0) is 16.1 Å². The first-order valence-corrected chi connectivity index (χ1v) is 6.90. The lowest BCUT2D eigenvalue weighted by Gasteiger charge is -2.05. The van der Waals surface area contributed by atoms with E-state index < -0.39 is 5.91 Å². The van der Waals surface area contributed by atoms with Gasteiger partial charge in [-0.3, -0.25) is 4.79 Å². The highest BCUT2D eigenvalue weighted by molar-refractivity contribution is 6.30. The Hall–Kier alpha value is -2.03. The van der Waals surface area contributed by atoms with Crippen LogP contribution < -0.4 is 10.6 Å². The molecule has 0 aliphatic heterocycles. The van der Waals surface area contributed by atoms with E-state index in [1.807, 2.05) is 18.2 Å². The maximum atomic E-state index is 11.7. The lowest BCUT2D eigenvalue weighted by molar-refractivity contribution is -0.117. The Labute approximate surface area is 129 Å². The number of methoxy groups -OCH3 is 1. The number of halogens is 1. The SMILES string of the molecule is COCCCNC(=O)/C(C#N)=C\NCc1ccc(Cl)cc1. The first kappa shape index (κ1) is 17.0. The molecule has 6 heteroatoms. The van der Waals surface area contributed by atoms with Crippen molar-refractivity contribution in [2.45, 2.75) is 13.0 Å². The van der Waals surface area contributed by atoms with Crippen LogP contribution in [0, 0.1) is 11.3 Å². The zero-order chi connectivity index (χ0) is 15.5. The van der Waals surface area contributed by atoms with Crippen molar-refractivity contribution in [3.05, 3.63) is 46.6 Å². The van der Waals surface area contributed by atoms with Crippen LogP contribution in [0.1, 0.15) is 12.0 Å². The van der Waals surface area contributed by atoms with Crippen molar-refractivity contribution >= 4 is 17.5 Å². The Morgan fingerprint density at radius 3 is 2.76 bits per heavy atom. The predicted octanol–water partition coefficient (Wildman–Crippen LogP) is 1.99. The van der Waals surface area contributed by atoms with E-state index in [-0.39, 0.29) is 5.57 Å². The van der Waals surface area contributed by atoms with Gasteiger partial charge in [0.2, 0.25) is 0 Å². The van der Waals surface area contributed by atoms with Crippen LogP contribution in [0.2, 0.25) is 5.02 Å². The van der Waals surface area contributed by atoms with Gasteiger partial charge < -0.3 is 15.4 Å². The number of hydrogen-bond acceptors (Lipinski definition) is 4. The Morgan fingerprint density at radius 1 is 1.43 bits per heavy atom. The molecule has 5 nitrogen and oxygen atoms in total. The topological polar surface area (TPSA) is 74.1 Å². The molecule has 0 radical (unpaired) electrons. The average Bonchev–Trinajstić information content (AvgIpc) is 2.50. The average molecular weight is 308 g/mol. The van der Waals surface area contributed by atoms with Gasteiger partial charge >= 0.3 is 0 Å². The van der Waals surface area contributed by atoms with Crippen molar-refractivity contribution in [3.8, 4) is 6.07 Å². The van der Waals surface area contributed by atoms with Crippen LogP contribution in [0.15, 0.2) is 36.0 Å². The van der Waals surface area contributed by atoms with Crippen LogP contribution in [0.25, 0.3) is 0 Å². The minimum Gasteiger partial charge on any atom is -0.386 e. The molecule has 0 heterocycles. The van der Waals surface area contributed by atoms with Gasteiger partial charge in [0.15, 0.2) is 0 Å². The molecule has 0 atom stereocenters. The quantitative estimate of drug-likeness (QED) is 0.437. The molecule has 2 N–H and O–H groups in total. The number of nitriles is 1. The lowest BCUT2D eigenvalue weighted by atomic mass is 10.2. The molecule has 0 aromatic heterocycles. The molecule has 21 heavy (non-hydrogen) atoms. The third-order valence-corrected chi connectivity index (χ3v) is 2.89. The Bertz CT molecular complexity index is 521. The number of ether oxygens (including phenoxy) is 1. The fraction of sp³-hybridized carbons (Fsp3) is 0.333. The molecule has 0 spiro atoms. The van der Waals surface area contributed by atoms with Crippen LogP contribution >= 0.6 is 11.6 Å². The molecule has 112 valence electrons. The summed E-state index contributed by atoms with van der Waals surface area (Å²) in [4.78, 5) is 11.7. The predicted molar refractivity (Wildman–Crippen MR) is 81.5 cm³/mol. The highest BCUT2D eigenvalue weighted by Gasteiger charge is 2.07. The van der Waals surface area contributed by atoms with E-state index in [9.17, 15) is 4.79 Å². The molecule has 0 aliphatic rings. The summed E-state index contributed by atoms with van der Waals surface area (Å²) in [6.07, 6.45) is 2.12. The maximum absolute atomic E-state index is 11.7. The number of amides is 1. The number of rotatable bonds is 8. The standard InChI is InChI=1S/C15H18ClN3O2/c1-21-8-2-7-19-15(20)13(9-17)11-18-10-12-3-5-14(16)6-4-12/h3-6,11,18H,2,7-8,10H2,1H3,(H,19,20)/b13-11-. The van der Waals surface area contributed by atoms with E-state index in [1.165, 1.54) is 6.20 Å². The third kappa shape index (κ3) is 6.80. The lowest BCUT2D eigenvalue weighted by Crippen LogP contribution is -2.27. The zero-order valence-corrected chi connectivity index (χ0v) is 12.6. The Balaban J connectivity index is 2.42. The second-order valence-corrected chi connectivity index (χ2v) is 4.72. The van der Waals surface area contributed by atoms with Gasteiger partial charge in [-0.25, -0.2) is 0 Å². The third-order valence-electron chi connectivity index (χ3n) is 2.64. The van der Waals surface area contributed by atoms with Gasteiger partial charge in [0, 0.05) is 38.0 Å². The molecule has 0 unspecified atom stereocenters.